The van der Waals surface area contributed by atoms with E-state index in [2.05, 4.69) is 26.2 Å². The maximum Gasteiger partial charge on any atom is 0.193 e. The van der Waals surface area contributed by atoms with Crippen molar-refractivity contribution in [2.75, 3.05) is 5.32 Å². The van der Waals surface area contributed by atoms with Crippen molar-refractivity contribution in [2.24, 2.45) is 0 Å². The topological polar surface area (TPSA) is 29.3 Å². The van der Waals surface area contributed by atoms with Gasteiger partial charge in [-0.1, -0.05) is 15.9 Å². The molecule has 1 N–H and O–H groups in total. The molecule has 0 aliphatic heterocycles. The molecular formula is C12H8BrF2N3S. The van der Waals surface area contributed by atoms with Gasteiger partial charge in [0.15, 0.2) is 4.96 Å². The summed E-state index contributed by atoms with van der Waals surface area (Å²) in [6, 6.07) is 2.44. The van der Waals surface area contributed by atoms with E-state index < -0.39 is 11.6 Å². The summed E-state index contributed by atoms with van der Waals surface area (Å²) in [4.78, 5) is 5.18. The van der Waals surface area contributed by atoms with Crippen LogP contribution in [-0.4, -0.2) is 9.38 Å². The van der Waals surface area contributed by atoms with Gasteiger partial charge in [-0.05, 0) is 12.1 Å². The van der Waals surface area contributed by atoms with E-state index in [0.29, 0.717) is 4.47 Å². The summed E-state index contributed by atoms with van der Waals surface area (Å²) in [5, 5.41) is 4.66. The van der Waals surface area contributed by atoms with Crippen LogP contribution in [0.1, 0.15) is 5.69 Å². The van der Waals surface area contributed by atoms with E-state index in [0.717, 1.165) is 10.7 Å². The largest absolute Gasteiger partial charge is 0.375 e. The van der Waals surface area contributed by atoms with Crippen molar-refractivity contribution >= 4 is 37.9 Å². The summed E-state index contributed by atoms with van der Waals surface area (Å²) in [6.45, 7) is 0.268. The Morgan fingerprint density at radius 1 is 1.32 bits per heavy atom. The average Bonchev–Trinajstić information content (AvgIpc) is 2.87. The van der Waals surface area contributed by atoms with E-state index >= 15 is 0 Å². The van der Waals surface area contributed by atoms with Crippen LogP contribution in [0.15, 0.2) is 34.4 Å². The normalized spacial score (nSPS) is 11.1. The first kappa shape index (κ1) is 12.6. The minimum atomic E-state index is -0.632. The van der Waals surface area contributed by atoms with Crippen molar-refractivity contribution in [2.45, 2.75) is 6.54 Å². The maximum atomic E-state index is 13.6. The van der Waals surface area contributed by atoms with Crippen LogP contribution < -0.4 is 5.32 Å². The number of aromatic nitrogens is 2. The van der Waals surface area contributed by atoms with Crippen LogP contribution >= 0.6 is 27.3 Å². The van der Waals surface area contributed by atoms with Gasteiger partial charge < -0.3 is 5.32 Å². The molecule has 3 nitrogen and oxygen atoms in total. The minimum Gasteiger partial charge on any atom is -0.375 e. The highest BCUT2D eigenvalue weighted by molar-refractivity contribution is 9.10. The highest BCUT2D eigenvalue weighted by atomic mass is 79.9. The second kappa shape index (κ2) is 4.90. The molecular weight excluding hydrogens is 336 g/mol. The Kier molecular flexibility index (Phi) is 3.24. The van der Waals surface area contributed by atoms with Gasteiger partial charge in [0.1, 0.15) is 17.3 Å². The Morgan fingerprint density at radius 3 is 2.74 bits per heavy atom. The van der Waals surface area contributed by atoms with Gasteiger partial charge in [-0.25, -0.2) is 13.8 Å². The fourth-order valence-electron chi connectivity index (χ4n) is 1.75. The van der Waals surface area contributed by atoms with Gasteiger partial charge >= 0.3 is 0 Å². The average molecular weight is 344 g/mol. The quantitative estimate of drug-likeness (QED) is 0.777. The Labute approximate surface area is 120 Å². The molecule has 0 aliphatic carbocycles. The summed E-state index contributed by atoms with van der Waals surface area (Å²) in [5.41, 5.74) is 0.591. The smallest absolute Gasteiger partial charge is 0.193 e. The van der Waals surface area contributed by atoms with Crippen molar-refractivity contribution in [3.8, 4) is 0 Å². The number of imidazole rings is 1. The lowest BCUT2D eigenvalue weighted by atomic mass is 10.3. The number of anilines is 1. The molecule has 2 heterocycles. The van der Waals surface area contributed by atoms with Gasteiger partial charge in [0.2, 0.25) is 0 Å². The fraction of sp³-hybridized carbons (Fsp3) is 0.0833. The van der Waals surface area contributed by atoms with Crippen molar-refractivity contribution in [3.05, 3.63) is 51.7 Å². The highest BCUT2D eigenvalue weighted by Gasteiger charge is 2.11. The van der Waals surface area contributed by atoms with Crippen LogP contribution in [0, 0.1) is 11.6 Å². The molecule has 0 fully saturated rings. The SMILES string of the molecule is Fc1cc(Br)cc(F)c1NCc1cn2ccsc2n1. The third-order valence-corrected chi connectivity index (χ3v) is 3.82. The van der Waals surface area contributed by atoms with Gasteiger partial charge in [-0.15, -0.1) is 11.3 Å². The molecule has 1 aromatic carbocycles. The second-order valence-electron chi connectivity index (χ2n) is 3.92. The standard InChI is InChI=1S/C12H8BrF2N3S/c13-7-3-9(14)11(10(15)4-7)16-5-8-6-18-1-2-19-12(18)17-8/h1-4,6,16H,5H2. The van der Waals surface area contributed by atoms with Crippen molar-refractivity contribution in [1.82, 2.24) is 9.38 Å². The Bertz CT molecular complexity index is 686. The second-order valence-corrected chi connectivity index (χ2v) is 5.71. The lowest BCUT2D eigenvalue weighted by Crippen LogP contribution is -2.04. The number of nitrogens with one attached hydrogen (secondary N) is 1. The molecule has 0 bridgehead atoms. The third kappa shape index (κ3) is 2.48. The third-order valence-electron chi connectivity index (χ3n) is 2.60. The van der Waals surface area contributed by atoms with Crippen LogP contribution in [0.2, 0.25) is 0 Å². The van der Waals surface area contributed by atoms with E-state index in [9.17, 15) is 8.78 Å². The van der Waals surface area contributed by atoms with Gasteiger partial charge in [-0.3, -0.25) is 4.40 Å². The Hall–Kier alpha value is -1.47. The monoisotopic (exact) mass is 343 g/mol. The number of hydrogen-bond acceptors (Lipinski definition) is 3. The molecule has 98 valence electrons. The van der Waals surface area contributed by atoms with E-state index in [1.54, 1.807) is 0 Å². The lowest BCUT2D eigenvalue weighted by molar-refractivity contribution is 0.586. The number of rotatable bonds is 3. The van der Waals surface area contributed by atoms with E-state index in [1.165, 1.54) is 23.5 Å². The van der Waals surface area contributed by atoms with Crippen molar-refractivity contribution < 1.29 is 8.78 Å². The molecule has 0 amide bonds. The zero-order chi connectivity index (χ0) is 13.4. The van der Waals surface area contributed by atoms with E-state index in [1.807, 2.05) is 22.2 Å². The molecule has 0 unspecified atom stereocenters. The number of thiazole rings is 1. The molecule has 0 saturated heterocycles. The number of fused-ring (bicyclic) bond motifs is 1. The first-order valence-electron chi connectivity index (χ1n) is 5.43. The number of halogens is 3. The van der Waals surface area contributed by atoms with Crippen molar-refractivity contribution in [1.29, 1.82) is 0 Å². The predicted octanol–water partition coefficient (Wildman–Crippen LogP) is 4.05. The summed E-state index contributed by atoms with van der Waals surface area (Å²) in [7, 11) is 0. The maximum absolute atomic E-state index is 13.6. The molecule has 7 heteroatoms. The lowest BCUT2D eigenvalue weighted by Gasteiger charge is -2.07. The van der Waals surface area contributed by atoms with Gasteiger partial charge in [0.25, 0.3) is 0 Å². The van der Waals surface area contributed by atoms with Gasteiger partial charge in [-0.2, -0.15) is 0 Å². The molecule has 3 aromatic rings. The molecule has 0 atom stereocenters. The van der Waals surface area contributed by atoms with Gasteiger partial charge in [0.05, 0.1) is 12.2 Å². The van der Waals surface area contributed by atoms with E-state index in [-0.39, 0.29) is 12.2 Å². The molecule has 0 spiro atoms. The zero-order valence-electron chi connectivity index (χ0n) is 9.53. The van der Waals surface area contributed by atoms with Crippen LogP contribution in [-0.2, 0) is 6.54 Å². The number of hydrogen-bond donors (Lipinski definition) is 1. The molecule has 19 heavy (non-hydrogen) atoms. The summed E-state index contributed by atoms with van der Waals surface area (Å²) in [5.74, 6) is -1.26. The molecule has 0 saturated carbocycles. The highest BCUT2D eigenvalue weighted by Crippen LogP contribution is 2.24. The first-order chi connectivity index (χ1) is 9.13. The summed E-state index contributed by atoms with van der Waals surface area (Å²) >= 11 is 4.55. The Balaban J connectivity index is 1.81. The number of nitrogens with zero attached hydrogens (tertiary/aromatic N) is 2. The number of benzene rings is 1. The molecule has 0 aliphatic rings. The van der Waals surface area contributed by atoms with E-state index in [4.69, 9.17) is 0 Å². The fourth-order valence-corrected chi connectivity index (χ4v) is 2.87. The zero-order valence-corrected chi connectivity index (χ0v) is 11.9. The summed E-state index contributed by atoms with van der Waals surface area (Å²) in [6.07, 6.45) is 3.71. The summed E-state index contributed by atoms with van der Waals surface area (Å²) < 4.78 is 29.4. The van der Waals surface area contributed by atoms with Crippen LogP contribution in [0.5, 0.6) is 0 Å². The van der Waals surface area contributed by atoms with Gasteiger partial charge in [0, 0.05) is 22.2 Å². The van der Waals surface area contributed by atoms with Crippen LogP contribution in [0.4, 0.5) is 14.5 Å². The molecule has 0 radical (unpaired) electrons. The van der Waals surface area contributed by atoms with Crippen LogP contribution in [0.25, 0.3) is 4.96 Å². The Morgan fingerprint density at radius 2 is 2.05 bits per heavy atom. The molecule has 2 aromatic heterocycles. The predicted molar refractivity (Wildman–Crippen MR) is 74.5 cm³/mol. The van der Waals surface area contributed by atoms with Crippen molar-refractivity contribution in [3.63, 3.8) is 0 Å². The van der Waals surface area contributed by atoms with Crippen LogP contribution in [0.3, 0.4) is 0 Å². The minimum absolute atomic E-state index is 0.139. The molecule has 3 rings (SSSR count). The first-order valence-corrected chi connectivity index (χ1v) is 7.10.